The molecular formula is C14H16N2O4S. The minimum absolute atomic E-state index is 0.0995. The quantitative estimate of drug-likeness (QED) is 0.845. The van der Waals surface area contributed by atoms with E-state index in [1.807, 2.05) is 0 Å². The third-order valence-corrected chi connectivity index (χ3v) is 4.38. The molecule has 0 bridgehead atoms. The number of carboxylic acid groups (broad SMARTS) is 1. The van der Waals surface area contributed by atoms with Crippen LogP contribution in [0.2, 0.25) is 0 Å². The van der Waals surface area contributed by atoms with Crippen LogP contribution in [0.3, 0.4) is 0 Å². The maximum Gasteiger partial charge on any atom is 0.349 e. The van der Waals surface area contributed by atoms with Crippen LogP contribution in [-0.2, 0) is 13.0 Å². The molecular weight excluding hydrogens is 292 g/mol. The molecule has 0 atom stereocenters. The second kappa shape index (κ2) is 5.85. The summed E-state index contributed by atoms with van der Waals surface area (Å²) in [7, 11) is 0. The molecule has 2 heterocycles. The van der Waals surface area contributed by atoms with Crippen molar-refractivity contribution in [2.24, 2.45) is 0 Å². The van der Waals surface area contributed by atoms with E-state index in [1.165, 1.54) is 11.3 Å². The summed E-state index contributed by atoms with van der Waals surface area (Å²) in [4.78, 5) is 16.7. The zero-order chi connectivity index (χ0) is 14.8. The van der Waals surface area contributed by atoms with Crippen molar-refractivity contribution in [3.63, 3.8) is 0 Å². The number of aromatic nitrogens is 2. The monoisotopic (exact) mass is 308 g/mol. The molecule has 0 saturated heterocycles. The first-order valence-corrected chi connectivity index (χ1v) is 7.80. The van der Waals surface area contributed by atoms with Crippen molar-refractivity contribution in [3.8, 4) is 5.75 Å². The van der Waals surface area contributed by atoms with Crippen LogP contribution in [0.15, 0.2) is 10.6 Å². The lowest BCUT2D eigenvalue weighted by atomic mass is 10.3. The van der Waals surface area contributed by atoms with Gasteiger partial charge in [0.15, 0.2) is 17.3 Å². The summed E-state index contributed by atoms with van der Waals surface area (Å²) in [6, 6.07) is 1.79. The van der Waals surface area contributed by atoms with E-state index in [4.69, 9.17) is 9.26 Å². The Labute approximate surface area is 125 Å². The van der Waals surface area contributed by atoms with E-state index in [9.17, 15) is 9.90 Å². The fourth-order valence-corrected chi connectivity index (χ4v) is 3.06. The lowest BCUT2D eigenvalue weighted by Gasteiger charge is -2.01. The second-order valence-electron chi connectivity index (χ2n) is 5.07. The van der Waals surface area contributed by atoms with E-state index in [-0.39, 0.29) is 11.5 Å². The van der Waals surface area contributed by atoms with Crippen LogP contribution in [-0.4, -0.2) is 21.2 Å². The Bertz CT molecular complexity index is 645. The van der Waals surface area contributed by atoms with Crippen LogP contribution >= 0.6 is 11.3 Å². The molecule has 7 heteroatoms. The molecule has 1 N–H and O–H groups in total. The fraction of sp³-hybridized carbons (Fsp3) is 0.500. The first-order chi connectivity index (χ1) is 10.2. The summed E-state index contributed by atoms with van der Waals surface area (Å²) in [6.07, 6.45) is 4.02. The molecule has 2 aromatic rings. The molecule has 0 aliphatic heterocycles. The van der Waals surface area contributed by atoms with Crippen LogP contribution < -0.4 is 4.74 Å². The molecule has 1 fully saturated rings. The van der Waals surface area contributed by atoms with Crippen molar-refractivity contribution in [2.45, 2.75) is 45.1 Å². The van der Waals surface area contributed by atoms with Crippen molar-refractivity contribution in [3.05, 3.63) is 27.5 Å². The Morgan fingerprint density at radius 1 is 1.57 bits per heavy atom. The van der Waals surface area contributed by atoms with Crippen molar-refractivity contribution in [2.75, 3.05) is 0 Å². The maximum absolute atomic E-state index is 11.2. The topological polar surface area (TPSA) is 85.5 Å². The molecule has 1 saturated carbocycles. The average molecular weight is 308 g/mol. The highest BCUT2D eigenvalue weighted by Gasteiger charge is 2.29. The number of ether oxygens (including phenoxy) is 1. The molecule has 6 nitrogen and oxygen atoms in total. The normalized spacial score (nSPS) is 14.3. The maximum atomic E-state index is 11.2. The van der Waals surface area contributed by atoms with Gasteiger partial charge in [-0.25, -0.2) is 4.79 Å². The van der Waals surface area contributed by atoms with Crippen molar-refractivity contribution in [1.29, 1.82) is 0 Å². The number of aryl methyl sites for hydroxylation is 1. The van der Waals surface area contributed by atoms with E-state index in [0.29, 0.717) is 17.6 Å². The van der Waals surface area contributed by atoms with Gasteiger partial charge in [-0.1, -0.05) is 18.5 Å². The van der Waals surface area contributed by atoms with Crippen LogP contribution in [0, 0.1) is 0 Å². The van der Waals surface area contributed by atoms with E-state index >= 15 is 0 Å². The van der Waals surface area contributed by atoms with Gasteiger partial charge in [-0.3, -0.25) is 0 Å². The smallest absolute Gasteiger partial charge is 0.349 e. The molecule has 1 aliphatic carbocycles. The third-order valence-electron chi connectivity index (χ3n) is 3.22. The van der Waals surface area contributed by atoms with Crippen molar-refractivity contribution >= 4 is 17.3 Å². The van der Waals surface area contributed by atoms with Gasteiger partial charge >= 0.3 is 5.97 Å². The number of carboxylic acids is 1. The van der Waals surface area contributed by atoms with Gasteiger partial charge in [-0.05, 0) is 25.3 Å². The highest BCUT2D eigenvalue weighted by Crippen LogP contribution is 2.38. The third kappa shape index (κ3) is 3.24. The molecule has 2 aromatic heterocycles. The van der Waals surface area contributed by atoms with Gasteiger partial charge in [0.2, 0.25) is 0 Å². The molecule has 3 rings (SSSR count). The predicted octanol–water partition coefficient (Wildman–Crippen LogP) is 3.24. The van der Waals surface area contributed by atoms with Gasteiger partial charge in [0.05, 0.1) is 0 Å². The Kier molecular flexibility index (Phi) is 3.92. The minimum Gasteiger partial charge on any atom is -0.482 e. The molecule has 0 aromatic carbocycles. The van der Waals surface area contributed by atoms with E-state index in [0.717, 1.165) is 36.4 Å². The summed E-state index contributed by atoms with van der Waals surface area (Å²) in [5.41, 5.74) is 0. The van der Waals surface area contributed by atoms with Crippen molar-refractivity contribution in [1.82, 2.24) is 10.1 Å². The van der Waals surface area contributed by atoms with Gasteiger partial charge < -0.3 is 14.4 Å². The number of hydrogen-bond acceptors (Lipinski definition) is 6. The summed E-state index contributed by atoms with van der Waals surface area (Å²) in [6.45, 7) is 2.15. The van der Waals surface area contributed by atoms with E-state index in [1.54, 1.807) is 6.07 Å². The average Bonchev–Trinajstić information content (AvgIpc) is 3.05. The van der Waals surface area contributed by atoms with Crippen LogP contribution in [0.1, 0.15) is 58.4 Å². The minimum atomic E-state index is -0.971. The Morgan fingerprint density at radius 3 is 3.05 bits per heavy atom. The first-order valence-electron chi connectivity index (χ1n) is 6.98. The Balaban J connectivity index is 1.69. The summed E-state index contributed by atoms with van der Waals surface area (Å²) < 4.78 is 10.7. The van der Waals surface area contributed by atoms with Gasteiger partial charge in [0, 0.05) is 10.8 Å². The SMILES string of the molecule is CCCc1cc(OCc2nc(C3CC3)no2)c(C(=O)O)s1. The number of aromatic carboxylic acids is 1. The van der Waals surface area contributed by atoms with Gasteiger partial charge in [0.1, 0.15) is 5.75 Å². The number of carbonyl (C=O) groups is 1. The van der Waals surface area contributed by atoms with E-state index in [2.05, 4.69) is 17.1 Å². The first kappa shape index (κ1) is 14.1. The summed E-state index contributed by atoms with van der Waals surface area (Å²) >= 11 is 1.26. The Hall–Kier alpha value is -1.89. The lowest BCUT2D eigenvalue weighted by Crippen LogP contribution is -2.00. The number of hydrogen-bond donors (Lipinski definition) is 1. The van der Waals surface area contributed by atoms with E-state index < -0.39 is 5.97 Å². The van der Waals surface area contributed by atoms with Crippen LogP contribution in [0.25, 0.3) is 0 Å². The van der Waals surface area contributed by atoms with Gasteiger partial charge in [-0.2, -0.15) is 4.98 Å². The van der Waals surface area contributed by atoms with Crippen LogP contribution in [0.5, 0.6) is 5.75 Å². The highest BCUT2D eigenvalue weighted by atomic mass is 32.1. The molecule has 0 unspecified atom stereocenters. The molecule has 0 spiro atoms. The number of thiophene rings is 1. The summed E-state index contributed by atoms with van der Waals surface area (Å²) in [5, 5.41) is 13.1. The molecule has 0 amide bonds. The fourth-order valence-electron chi connectivity index (χ4n) is 2.02. The summed E-state index contributed by atoms with van der Waals surface area (Å²) in [5.74, 6) is 0.943. The lowest BCUT2D eigenvalue weighted by molar-refractivity contribution is 0.0697. The Morgan fingerprint density at radius 2 is 2.38 bits per heavy atom. The number of nitrogens with zero attached hydrogens (tertiary/aromatic N) is 2. The zero-order valence-electron chi connectivity index (χ0n) is 11.7. The molecule has 112 valence electrons. The molecule has 21 heavy (non-hydrogen) atoms. The van der Waals surface area contributed by atoms with Crippen molar-refractivity contribution < 1.29 is 19.2 Å². The zero-order valence-corrected chi connectivity index (χ0v) is 12.5. The van der Waals surface area contributed by atoms with Gasteiger partial charge in [0.25, 0.3) is 5.89 Å². The van der Waals surface area contributed by atoms with Gasteiger partial charge in [-0.15, -0.1) is 11.3 Å². The predicted molar refractivity (Wildman–Crippen MR) is 75.9 cm³/mol. The molecule has 1 aliphatic rings. The van der Waals surface area contributed by atoms with Crippen LogP contribution in [0.4, 0.5) is 0 Å². The highest BCUT2D eigenvalue weighted by molar-refractivity contribution is 7.14. The largest absolute Gasteiger partial charge is 0.482 e. The molecule has 0 radical (unpaired) electrons. The number of rotatable bonds is 7. The standard InChI is InChI=1S/C14H16N2O4S/c1-2-3-9-6-10(12(21-9)14(17)18)19-7-11-15-13(16-20-11)8-4-5-8/h6,8H,2-5,7H2,1H3,(H,17,18). The second-order valence-corrected chi connectivity index (χ2v) is 6.21.